The van der Waals surface area contributed by atoms with Crippen molar-refractivity contribution in [1.82, 2.24) is 4.98 Å². The highest BCUT2D eigenvalue weighted by atomic mass is 15.3. The molecule has 2 rings (SSSR count). The van der Waals surface area contributed by atoms with E-state index in [2.05, 4.69) is 29.8 Å². The molecule has 0 amide bonds. The van der Waals surface area contributed by atoms with Gasteiger partial charge in [-0.05, 0) is 31.0 Å². The Hall–Kier alpha value is -1.09. The molecule has 1 aromatic heterocycles. The zero-order valence-electron chi connectivity index (χ0n) is 8.83. The Kier molecular flexibility index (Phi) is 2.19. The zero-order valence-corrected chi connectivity index (χ0v) is 8.83. The Labute approximate surface area is 84.9 Å². The van der Waals surface area contributed by atoms with Crippen LogP contribution in [0.3, 0.4) is 0 Å². The summed E-state index contributed by atoms with van der Waals surface area (Å²) < 4.78 is 0. The highest BCUT2D eigenvalue weighted by Gasteiger charge is 2.38. The van der Waals surface area contributed by atoms with Crippen LogP contribution in [0.1, 0.15) is 18.9 Å². The van der Waals surface area contributed by atoms with Crippen molar-refractivity contribution in [2.75, 3.05) is 18.0 Å². The molecule has 0 radical (unpaired) electrons. The van der Waals surface area contributed by atoms with Crippen LogP contribution in [0.15, 0.2) is 18.3 Å². The average Bonchev–Trinajstić information content (AvgIpc) is 2.13. The summed E-state index contributed by atoms with van der Waals surface area (Å²) in [6, 6.07) is 4.12. The van der Waals surface area contributed by atoms with Crippen LogP contribution in [0, 0.1) is 6.92 Å². The van der Waals surface area contributed by atoms with E-state index >= 15 is 0 Å². The fraction of sp³-hybridized carbons (Fsp3) is 0.545. The lowest BCUT2D eigenvalue weighted by Gasteiger charge is -2.48. The fourth-order valence-corrected chi connectivity index (χ4v) is 1.79. The lowest BCUT2D eigenvalue weighted by Crippen LogP contribution is -2.67. The van der Waals surface area contributed by atoms with Gasteiger partial charge in [-0.15, -0.1) is 0 Å². The van der Waals surface area contributed by atoms with Gasteiger partial charge in [0.25, 0.3) is 0 Å². The Morgan fingerprint density at radius 2 is 2.29 bits per heavy atom. The summed E-state index contributed by atoms with van der Waals surface area (Å²) in [6.45, 7) is 6.08. The highest BCUT2D eigenvalue weighted by Crippen LogP contribution is 2.26. The van der Waals surface area contributed by atoms with Crippen LogP contribution < -0.4 is 10.6 Å². The van der Waals surface area contributed by atoms with Gasteiger partial charge in [0, 0.05) is 19.3 Å². The molecule has 1 fully saturated rings. The molecule has 0 atom stereocenters. The van der Waals surface area contributed by atoms with Crippen molar-refractivity contribution in [2.45, 2.75) is 25.8 Å². The van der Waals surface area contributed by atoms with Crippen molar-refractivity contribution in [3.8, 4) is 0 Å². The summed E-state index contributed by atoms with van der Waals surface area (Å²) >= 11 is 0. The van der Waals surface area contributed by atoms with Crippen molar-refractivity contribution in [1.29, 1.82) is 0 Å². The molecule has 3 heteroatoms. The molecule has 0 bridgehead atoms. The monoisotopic (exact) mass is 191 g/mol. The summed E-state index contributed by atoms with van der Waals surface area (Å²) in [5.41, 5.74) is 7.37. The predicted molar refractivity (Wildman–Crippen MR) is 58.4 cm³/mol. The van der Waals surface area contributed by atoms with Crippen LogP contribution >= 0.6 is 0 Å². The molecule has 0 aliphatic carbocycles. The summed E-state index contributed by atoms with van der Waals surface area (Å²) in [7, 11) is 0. The Morgan fingerprint density at radius 3 is 2.86 bits per heavy atom. The third kappa shape index (κ3) is 1.60. The van der Waals surface area contributed by atoms with Crippen LogP contribution in [0.25, 0.3) is 0 Å². The number of pyridine rings is 1. The maximum Gasteiger partial charge on any atom is 0.128 e. The van der Waals surface area contributed by atoms with Crippen LogP contribution in [0.5, 0.6) is 0 Å². The molecule has 76 valence electrons. The highest BCUT2D eigenvalue weighted by molar-refractivity contribution is 5.45. The van der Waals surface area contributed by atoms with Crippen molar-refractivity contribution in [2.24, 2.45) is 5.73 Å². The van der Waals surface area contributed by atoms with E-state index in [1.165, 1.54) is 5.56 Å². The number of hydrogen-bond acceptors (Lipinski definition) is 3. The number of nitrogens with two attached hydrogens (primary N) is 1. The lowest BCUT2D eigenvalue weighted by atomic mass is 9.88. The van der Waals surface area contributed by atoms with Gasteiger partial charge in [-0.1, -0.05) is 6.92 Å². The Bertz CT molecular complexity index is 329. The van der Waals surface area contributed by atoms with Gasteiger partial charge in [0.1, 0.15) is 5.82 Å². The van der Waals surface area contributed by atoms with Crippen molar-refractivity contribution >= 4 is 5.82 Å². The normalized spacial score (nSPS) is 19.2. The summed E-state index contributed by atoms with van der Waals surface area (Å²) in [6.07, 6.45) is 2.89. The molecule has 1 aromatic rings. The smallest absolute Gasteiger partial charge is 0.128 e. The topological polar surface area (TPSA) is 42.1 Å². The minimum Gasteiger partial charge on any atom is -0.353 e. The third-order valence-corrected chi connectivity index (χ3v) is 2.94. The summed E-state index contributed by atoms with van der Waals surface area (Å²) in [5, 5.41) is 0. The lowest BCUT2D eigenvalue weighted by molar-refractivity contribution is 0.320. The molecule has 3 nitrogen and oxygen atoms in total. The van der Waals surface area contributed by atoms with Gasteiger partial charge in [-0.2, -0.15) is 0 Å². The van der Waals surface area contributed by atoms with Gasteiger partial charge in [0.15, 0.2) is 0 Å². The van der Waals surface area contributed by atoms with E-state index in [9.17, 15) is 0 Å². The van der Waals surface area contributed by atoms with Crippen molar-refractivity contribution < 1.29 is 0 Å². The number of rotatable bonds is 2. The molecule has 2 N–H and O–H groups in total. The first kappa shape index (κ1) is 9.46. The van der Waals surface area contributed by atoms with E-state index in [1.54, 1.807) is 0 Å². The fourth-order valence-electron chi connectivity index (χ4n) is 1.79. The Balaban J connectivity index is 2.06. The van der Waals surface area contributed by atoms with Crippen molar-refractivity contribution in [3.05, 3.63) is 23.9 Å². The maximum absolute atomic E-state index is 6.10. The van der Waals surface area contributed by atoms with Crippen LogP contribution in [0.2, 0.25) is 0 Å². The van der Waals surface area contributed by atoms with Crippen LogP contribution in [0.4, 0.5) is 5.82 Å². The summed E-state index contributed by atoms with van der Waals surface area (Å²) in [5.74, 6) is 1.06. The SMILES string of the molecule is CCC1(N)CN(c2cc(C)ccn2)C1. The summed E-state index contributed by atoms with van der Waals surface area (Å²) in [4.78, 5) is 6.56. The molecule has 2 heterocycles. The number of nitrogens with zero attached hydrogens (tertiary/aromatic N) is 2. The first-order valence-electron chi connectivity index (χ1n) is 5.09. The minimum atomic E-state index is 0.0193. The van der Waals surface area contributed by atoms with E-state index in [1.807, 2.05) is 12.3 Å². The van der Waals surface area contributed by atoms with Crippen LogP contribution in [-0.2, 0) is 0 Å². The van der Waals surface area contributed by atoms with E-state index in [0.29, 0.717) is 0 Å². The Morgan fingerprint density at radius 1 is 1.57 bits per heavy atom. The largest absolute Gasteiger partial charge is 0.353 e. The maximum atomic E-state index is 6.10. The van der Waals surface area contributed by atoms with E-state index in [0.717, 1.165) is 25.3 Å². The molecule has 0 unspecified atom stereocenters. The van der Waals surface area contributed by atoms with Crippen molar-refractivity contribution in [3.63, 3.8) is 0 Å². The molecule has 0 saturated carbocycles. The zero-order chi connectivity index (χ0) is 10.2. The molecular formula is C11H17N3. The number of hydrogen-bond donors (Lipinski definition) is 1. The first-order valence-corrected chi connectivity index (χ1v) is 5.09. The van der Waals surface area contributed by atoms with Gasteiger partial charge >= 0.3 is 0 Å². The number of anilines is 1. The average molecular weight is 191 g/mol. The van der Waals surface area contributed by atoms with Crippen LogP contribution in [-0.4, -0.2) is 23.6 Å². The standard InChI is InChI=1S/C11H17N3/c1-3-11(12)7-14(8-11)10-6-9(2)4-5-13-10/h4-6H,3,7-8,12H2,1-2H3. The second-order valence-corrected chi connectivity index (χ2v) is 4.26. The molecule has 14 heavy (non-hydrogen) atoms. The van der Waals surface area contributed by atoms with Gasteiger partial charge in [-0.25, -0.2) is 4.98 Å². The molecule has 1 saturated heterocycles. The number of aromatic nitrogens is 1. The second kappa shape index (κ2) is 3.24. The quantitative estimate of drug-likeness (QED) is 0.766. The van der Waals surface area contributed by atoms with E-state index in [4.69, 9.17) is 5.73 Å². The van der Waals surface area contributed by atoms with E-state index in [-0.39, 0.29) is 5.54 Å². The molecule has 0 spiro atoms. The van der Waals surface area contributed by atoms with Gasteiger partial charge in [-0.3, -0.25) is 0 Å². The first-order chi connectivity index (χ1) is 6.63. The molecule has 0 aromatic carbocycles. The minimum absolute atomic E-state index is 0.0193. The molecule has 1 aliphatic heterocycles. The third-order valence-electron chi connectivity index (χ3n) is 2.94. The molecular weight excluding hydrogens is 174 g/mol. The van der Waals surface area contributed by atoms with E-state index < -0.39 is 0 Å². The van der Waals surface area contributed by atoms with Gasteiger partial charge < -0.3 is 10.6 Å². The van der Waals surface area contributed by atoms with Gasteiger partial charge in [0.05, 0.1) is 5.54 Å². The van der Waals surface area contributed by atoms with Gasteiger partial charge in [0.2, 0.25) is 0 Å². The number of aryl methyl sites for hydroxylation is 1. The molecule has 1 aliphatic rings. The second-order valence-electron chi connectivity index (χ2n) is 4.26. The predicted octanol–water partition coefficient (Wildman–Crippen LogP) is 1.32.